The van der Waals surface area contributed by atoms with Gasteiger partial charge >= 0.3 is 0 Å². The summed E-state index contributed by atoms with van der Waals surface area (Å²) in [6.45, 7) is 6.99. The number of nitrogens with zero attached hydrogens (tertiary/aromatic N) is 3. The number of likely N-dealkylation sites (tertiary alicyclic amines) is 1. The Balaban J connectivity index is 1.49. The summed E-state index contributed by atoms with van der Waals surface area (Å²) in [4.78, 5) is 56.8. The number of hydrogen-bond acceptors (Lipinski definition) is 5. The van der Waals surface area contributed by atoms with E-state index in [9.17, 15) is 33.2 Å². The standard InChI is InChI=1S/C36H39F2N5O4/c1-22(2)17-31(34(46)43-21-36(4,19-28(43)20-39)35(47)41-27-9-7-6-8-10-27)42(5)33(45)23(3)40-32(44)25-13-16-30(38)29(18-25)24-11-14-26(37)15-12-24/h6-16,18,22-23,28,31H,17,19,21H2,1-5H3,(H,40,44)(H,41,47)/t23-,28-,31-,36-/m0/s1. The van der Waals surface area contributed by atoms with Gasteiger partial charge in [-0.3, -0.25) is 19.2 Å². The van der Waals surface area contributed by atoms with Crippen LogP contribution in [0.15, 0.2) is 72.8 Å². The van der Waals surface area contributed by atoms with Gasteiger partial charge in [0, 0.05) is 30.4 Å². The molecular weight excluding hydrogens is 604 g/mol. The van der Waals surface area contributed by atoms with Crippen LogP contribution in [0.4, 0.5) is 14.5 Å². The number of para-hydroxylation sites is 1. The molecule has 0 aromatic heterocycles. The van der Waals surface area contributed by atoms with Gasteiger partial charge in [0.25, 0.3) is 5.91 Å². The van der Waals surface area contributed by atoms with Crippen molar-refractivity contribution >= 4 is 29.3 Å². The van der Waals surface area contributed by atoms with Gasteiger partial charge in [-0.1, -0.05) is 44.2 Å². The molecule has 0 bridgehead atoms. The van der Waals surface area contributed by atoms with E-state index in [-0.39, 0.29) is 42.3 Å². The number of amides is 4. The summed E-state index contributed by atoms with van der Waals surface area (Å²) in [5.41, 5.74) is 0.121. The number of anilines is 1. The molecule has 9 nitrogen and oxygen atoms in total. The topological polar surface area (TPSA) is 123 Å². The zero-order valence-corrected chi connectivity index (χ0v) is 27.1. The Bertz CT molecular complexity index is 1670. The molecule has 3 aromatic rings. The molecule has 0 aliphatic carbocycles. The maximum atomic E-state index is 14.6. The van der Waals surface area contributed by atoms with Gasteiger partial charge in [-0.2, -0.15) is 5.26 Å². The van der Waals surface area contributed by atoms with Crippen molar-refractivity contribution in [2.45, 2.75) is 58.7 Å². The van der Waals surface area contributed by atoms with E-state index in [1.165, 1.54) is 60.2 Å². The highest BCUT2D eigenvalue weighted by Crippen LogP contribution is 2.37. The molecule has 0 radical (unpaired) electrons. The van der Waals surface area contributed by atoms with Crippen molar-refractivity contribution in [3.63, 3.8) is 0 Å². The van der Waals surface area contributed by atoms with Crippen LogP contribution in [0.1, 0.15) is 50.9 Å². The minimum atomic E-state index is -1.07. The molecule has 47 heavy (non-hydrogen) atoms. The molecule has 4 rings (SSSR count). The monoisotopic (exact) mass is 643 g/mol. The van der Waals surface area contributed by atoms with Crippen molar-refractivity contribution in [3.8, 4) is 17.2 Å². The fraction of sp³-hybridized carbons (Fsp3) is 0.361. The molecule has 2 N–H and O–H groups in total. The smallest absolute Gasteiger partial charge is 0.251 e. The fourth-order valence-corrected chi connectivity index (χ4v) is 5.78. The Morgan fingerprint density at radius 3 is 2.30 bits per heavy atom. The first kappa shape index (κ1) is 34.8. The van der Waals surface area contributed by atoms with Crippen LogP contribution in [-0.2, 0) is 14.4 Å². The number of carbonyl (C=O) groups is 4. The summed E-state index contributed by atoms with van der Waals surface area (Å²) in [5.74, 6) is -3.05. The summed E-state index contributed by atoms with van der Waals surface area (Å²) in [7, 11) is 1.47. The highest BCUT2D eigenvalue weighted by Gasteiger charge is 2.49. The van der Waals surface area contributed by atoms with Crippen LogP contribution in [-0.4, -0.2) is 65.1 Å². The van der Waals surface area contributed by atoms with Gasteiger partial charge < -0.3 is 20.4 Å². The van der Waals surface area contributed by atoms with Gasteiger partial charge in [0.15, 0.2) is 0 Å². The lowest BCUT2D eigenvalue weighted by molar-refractivity contribution is -0.146. The van der Waals surface area contributed by atoms with Gasteiger partial charge in [0.1, 0.15) is 29.8 Å². The molecule has 1 aliphatic rings. The van der Waals surface area contributed by atoms with E-state index in [0.717, 1.165) is 6.07 Å². The van der Waals surface area contributed by atoms with Crippen molar-refractivity contribution in [3.05, 3.63) is 90.0 Å². The normalized spacial score (nSPS) is 18.6. The first-order valence-electron chi connectivity index (χ1n) is 15.4. The third kappa shape index (κ3) is 8.01. The summed E-state index contributed by atoms with van der Waals surface area (Å²) in [6, 6.07) is 17.1. The van der Waals surface area contributed by atoms with E-state index in [4.69, 9.17) is 0 Å². The number of likely N-dealkylation sites (N-methyl/N-ethyl adjacent to an activating group) is 1. The second-order valence-electron chi connectivity index (χ2n) is 12.7. The lowest BCUT2D eigenvalue weighted by Gasteiger charge is -2.34. The third-order valence-corrected chi connectivity index (χ3v) is 8.45. The van der Waals surface area contributed by atoms with Crippen LogP contribution >= 0.6 is 0 Å². The molecule has 4 amide bonds. The number of benzene rings is 3. The first-order valence-corrected chi connectivity index (χ1v) is 15.4. The average molecular weight is 644 g/mol. The second kappa shape index (κ2) is 14.5. The zero-order valence-electron chi connectivity index (χ0n) is 27.1. The van der Waals surface area contributed by atoms with Crippen LogP contribution in [0.5, 0.6) is 0 Å². The van der Waals surface area contributed by atoms with Crippen LogP contribution in [0.2, 0.25) is 0 Å². The van der Waals surface area contributed by atoms with Crippen molar-refractivity contribution in [1.29, 1.82) is 5.26 Å². The molecule has 1 fully saturated rings. The average Bonchev–Trinajstić information content (AvgIpc) is 3.41. The van der Waals surface area contributed by atoms with E-state index in [1.807, 2.05) is 19.9 Å². The fourth-order valence-electron chi connectivity index (χ4n) is 5.78. The maximum absolute atomic E-state index is 14.6. The first-order chi connectivity index (χ1) is 22.2. The van der Waals surface area contributed by atoms with Crippen molar-refractivity contribution < 1.29 is 28.0 Å². The number of hydrogen-bond donors (Lipinski definition) is 2. The summed E-state index contributed by atoms with van der Waals surface area (Å²) in [5, 5.41) is 15.5. The van der Waals surface area contributed by atoms with E-state index in [2.05, 4.69) is 16.7 Å². The second-order valence-corrected chi connectivity index (χ2v) is 12.7. The molecule has 1 heterocycles. The lowest BCUT2D eigenvalue weighted by Crippen LogP contribution is -2.55. The summed E-state index contributed by atoms with van der Waals surface area (Å²) in [6.07, 6.45) is 0.409. The molecule has 1 saturated heterocycles. The molecule has 246 valence electrons. The van der Waals surface area contributed by atoms with Crippen LogP contribution in [0.3, 0.4) is 0 Å². The predicted octanol–water partition coefficient (Wildman–Crippen LogP) is 5.39. The van der Waals surface area contributed by atoms with Gasteiger partial charge in [-0.15, -0.1) is 0 Å². The molecular formula is C36H39F2N5O4. The number of halogens is 2. The Labute approximate surface area is 273 Å². The number of nitriles is 1. The largest absolute Gasteiger partial charge is 0.341 e. The number of rotatable bonds is 10. The molecule has 4 atom stereocenters. The van der Waals surface area contributed by atoms with E-state index >= 15 is 0 Å². The third-order valence-electron chi connectivity index (χ3n) is 8.45. The van der Waals surface area contributed by atoms with Crippen LogP contribution in [0.25, 0.3) is 11.1 Å². The SMILES string of the molecule is CC(C)C[C@@H](C(=O)N1C[C@@](C)(C(=O)Nc2ccccc2)C[C@H]1C#N)N(C)C(=O)[C@H](C)NC(=O)c1ccc(F)c(-c2ccc(F)cc2)c1. The van der Waals surface area contributed by atoms with Gasteiger partial charge in [-0.25, -0.2) is 8.78 Å². The van der Waals surface area contributed by atoms with Crippen molar-refractivity contribution in [2.75, 3.05) is 18.9 Å². The molecule has 1 aliphatic heterocycles. The Hall–Kier alpha value is -5.11. The molecule has 0 saturated carbocycles. The molecule has 11 heteroatoms. The van der Waals surface area contributed by atoms with Crippen molar-refractivity contribution in [1.82, 2.24) is 15.1 Å². The minimum absolute atomic E-state index is 0.00734. The highest BCUT2D eigenvalue weighted by atomic mass is 19.1. The summed E-state index contributed by atoms with van der Waals surface area (Å²) < 4.78 is 28.0. The van der Waals surface area contributed by atoms with Crippen LogP contribution in [0, 0.1) is 34.3 Å². The minimum Gasteiger partial charge on any atom is -0.341 e. The van der Waals surface area contributed by atoms with Crippen LogP contribution < -0.4 is 10.6 Å². The molecule has 3 aromatic carbocycles. The van der Waals surface area contributed by atoms with E-state index in [0.29, 0.717) is 11.3 Å². The Kier molecular flexibility index (Phi) is 10.8. The van der Waals surface area contributed by atoms with Gasteiger partial charge in [0.05, 0.1) is 11.5 Å². The number of carbonyl (C=O) groups excluding carboxylic acids is 4. The predicted molar refractivity (Wildman–Crippen MR) is 174 cm³/mol. The molecule has 0 spiro atoms. The lowest BCUT2D eigenvalue weighted by atomic mass is 9.87. The quantitative estimate of drug-likeness (QED) is 0.307. The van der Waals surface area contributed by atoms with E-state index < -0.39 is 52.9 Å². The Morgan fingerprint density at radius 1 is 1.02 bits per heavy atom. The Morgan fingerprint density at radius 2 is 1.68 bits per heavy atom. The summed E-state index contributed by atoms with van der Waals surface area (Å²) >= 11 is 0. The number of nitrogens with one attached hydrogen (secondary N) is 2. The highest BCUT2D eigenvalue weighted by molar-refractivity contribution is 5.99. The van der Waals surface area contributed by atoms with Gasteiger partial charge in [0.2, 0.25) is 17.7 Å². The van der Waals surface area contributed by atoms with E-state index in [1.54, 1.807) is 31.2 Å². The van der Waals surface area contributed by atoms with Crippen molar-refractivity contribution in [2.24, 2.45) is 11.3 Å². The van der Waals surface area contributed by atoms with Gasteiger partial charge in [-0.05, 0) is 80.6 Å². The molecule has 0 unspecified atom stereocenters. The zero-order chi connectivity index (χ0) is 34.5. The maximum Gasteiger partial charge on any atom is 0.251 e.